The lowest BCUT2D eigenvalue weighted by Gasteiger charge is -2.13. The van der Waals surface area contributed by atoms with Crippen molar-refractivity contribution in [2.45, 2.75) is 0 Å². The van der Waals surface area contributed by atoms with Gasteiger partial charge in [-0.1, -0.05) is 11.6 Å². The van der Waals surface area contributed by atoms with Crippen LogP contribution in [0.3, 0.4) is 0 Å². The molecule has 3 aromatic rings. The van der Waals surface area contributed by atoms with Gasteiger partial charge in [0.25, 0.3) is 11.6 Å². The number of hydrogen-bond donors (Lipinski definition) is 1. The number of ether oxygens (including phenoxy) is 3. The van der Waals surface area contributed by atoms with Gasteiger partial charge in [-0.3, -0.25) is 14.9 Å². The minimum absolute atomic E-state index is 0.0894. The first-order chi connectivity index (χ1) is 17.7. The second-order valence-corrected chi connectivity index (χ2v) is 8.77. The number of anilines is 1. The Hall–Kier alpha value is -4.15. The number of nitrogens with one attached hydrogen (secondary N) is 1. The molecule has 37 heavy (non-hydrogen) atoms. The van der Waals surface area contributed by atoms with E-state index in [2.05, 4.69) is 5.32 Å². The molecule has 10 nitrogen and oxygen atoms in total. The van der Waals surface area contributed by atoms with Gasteiger partial charge < -0.3 is 19.5 Å². The van der Waals surface area contributed by atoms with E-state index in [1.165, 1.54) is 38.5 Å². The molecule has 0 fully saturated rings. The van der Waals surface area contributed by atoms with Gasteiger partial charge in [0.1, 0.15) is 22.4 Å². The summed E-state index contributed by atoms with van der Waals surface area (Å²) in [5.74, 6) is -0.450. The molecule has 1 N–H and O–H groups in total. The minimum Gasteiger partial charge on any atom is -0.497 e. The molecule has 0 aliphatic rings. The molecule has 0 atom stereocenters. The summed E-state index contributed by atoms with van der Waals surface area (Å²) in [4.78, 5) is 35.7. The lowest BCUT2D eigenvalue weighted by atomic mass is 10.1. The van der Waals surface area contributed by atoms with Gasteiger partial charge in [-0.25, -0.2) is 4.79 Å². The van der Waals surface area contributed by atoms with Gasteiger partial charge in [-0.05, 0) is 82.8 Å². The van der Waals surface area contributed by atoms with Crippen LogP contribution in [0.5, 0.6) is 17.2 Å². The molecule has 0 spiro atoms. The molecule has 188 valence electrons. The highest BCUT2D eigenvalue weighted by atomic mass is 127. The average molecular weight is 634 g/mol. The summed E-state index contributed by atoms with van der Waals surface area (Å²) in [5, 5.41) is 23.0. The molecular formula is C25H17ClIN3O7. The van der Waals surface area contributed by atoms with Crippen molar-refractivity contribution in [1.29, 1.82) is 5.26 Å². The van der Waals surface area contributed by atoms with Crippen molar-refractivity contribution in [2.75, 3.05) is 19.5 Å². The SMILES string of the molecule is COc1ccc(C(=O)Oc2c(I)cc(/C=C(\C#N)C(=O)Nc3ccc(Cl)c([N+](=O)[O-])c3)cc2OC)cc1. The number of carbonyl (C=O) groups excluding carboxylic acids is 2. The molecule has 12 heteroatoms. The van der Waals surface area contributed by atoms with Crippen molar-refractivity contribution in [1.82, 2.24) is 0 Å². The zero-order valence-corrected chi connectivity index (χ0v) is 22.2. The van der Waals surface area contributed by atoms with E-state index in [1.807, 2.05) is 22.6 Å². The van der Waals surface area contributed by atoms with Crippen molar-refractivity contribution >= 4 is 63.5 Å². The highest BCUT2D eigenvalue weighted by Gasteiger charge is 2.19. The van der Waals surface area contributed by atoms with Gasteiger partial charge >= 0.3 is 5.97 Å². The molecule has 3 rings (SSSR count). The number of rotatable bonds is 8. The first-order valence-electron chi connectivity index (χ1n) is 10.3. The number of nitriles is 1. The minimum atomic E-state index is -0.789. The smallest absolute Gasteiger partial charge is 0.343 e. The largest absolute Gasteiger partial charge is 0.497 e. The summed E-state index contributed by atoms with van der Waals surface area (Å²) < 4.78 is 16.5. The van der Waals surface area contributed by atoms with Crippen LogP contribution in [0.25, 0.3) is 6.08 Å². The molecular weight excluding hydrogens is 617 g/mol. The van der Waals surface area contributed by atoms with Crippen molar-refractivity contribution < 1.29 is 28.7 Å². The quantitative estimate of drug-likeness (QED) is 0.0640. The third-order valence-corrected chi connectivity index (χ3v) is 5.97. The van der Waals surface area contributed by atoms with E-state index in [0.29, 0.717) is 20.4 Å². The molecule has 0 bridgehead atoms. The summed E-state index contributed by atoms with van der Waals surface area (Å²) in [6, 6.07) is 15.0. The normalized spacial score (nSPS) is 10.7. The van der Waals surface area contributed by atoms with Crippen LogP contribution < -0.4 is 19.5 Å². The lowest BCUT2D eigenvalue weighted by Crippen LogP contribution is -2.13. The van der Waals surface area contributed by atoms with Crippen LogP contribution in [0, 0.1) is 25.0 Å². The van der Waals surface area contributed by atoms with Crippen LogP contribution in [-0.4, -0.2) is 31.0 Å². The van der Waals surface area contributed by atoms with Crippen LogP contribution in [0.4, 0.5) is 11.4 Å². The van der Waals surface area contributed by atoms with Crippen LogP contribution in [0.15, 0.2) is 60.2 Å². The summed E-state index contributed by atoms with van der Waals surface area (Å²) in [6.07, 6.45) is 1.30. The average Bonchev–Trinajstić information content (AvgIpc) is 2.89. The molecule has 0 aliphatic heterocycles. The van der Waals surface area contributed by atoms with E-state index in [4.69, 9.17) is 25.8 Å². The molecule has 0 aromatic heterocycles. The van der Waals surface area contributed by atoms with Gasteiger partial charge in [0.15, 0.2) is 11.5 Å². The maximum atomic E-state index is 12.7. The van der Waals surface area contributed by atoms with E-state index in [0.717, 1.165) is 6.07 Å². The lowest BCUT2D eigenvalue weighted by molar-refractivity contribution is -0.384. The fraction of sp³-hybridized carbons (Fsp3) is 0.0800. The molecule has 0 heterocycles. The van der Waals surface area contributed by atoms with Crippen molar-refractivity contribution in [2.24, 2.45) is 0 Å². The van der Waals surface area contributed by atoms with Crippen LogP contribution >= 0.6 is 34.2 Å². The van der Waals surface area contributed by atoms with E-state index < -0.39 is 16.8 Å². The Morgan fingerprint density at radius 1 is 1.11 bits per heavy atom. The maximum absolute atomic E-state index is 12.7. The standard InChI is InChI=1S/C25H17ClIN3O7/c1-35-18-6-3-15(4-7-18)25(32)37-23-20(27)10-14(11-22(23)36-2)9-16(13-28)24(31)29-17-5-8-19(26)21(12-17)30(33)34/h3-12H,1-2H3,(H,29,31)/b16-9+. The van der Waals surface area contributed by atoms with E-state index in [-0.39, 0.29) is 33.5 Å². The summed E-state index contributed by atoms with van der Waals surface area (Å²) in [5.41, 5.74) is 0.141. The summed E-state index contributed by atoms with van der Waals surface area (Å²) >= 11 is 7.73. The van der Waals surface area contributed by atoms with Gasteiger partial charge in [0.05, 0.1) is 28.3 Å². The Morgan fingerprint density at radius 2 is 1.81 bits per heavy atom. The highest BCUT2D eigenvalue weighted by Crippen LogP contribution is 2.35. The molecule has 1 amide bonds. The Bertz CT molecular complexity index is 1450. The zero-order valence-electron chi connectivity index (χ0n) is 19.3. The van der Waals surface area contributed by atoms with Gasteiger partial charge in [0, 0.05) is 11.8 Å². The van der Waals surface area contributed by atoms with E-state index in [9.17, 15) is 25.0 Å². The number of esters is 1. The Kier molecular flexibility index (Phi) is 9.05. The number of carbonyl (C=O) groups is 2. The molecule has 0 unspecified atom stereocenters. The van der Waals surface area contributed by atoms with Crippen LogP contribution in [0.1, 0.15) is 15.9 Å². The molecule has 3 aromatic carbocycles. The number of nitro benzene ring substituents is 1. The monoisotopic (exact) mass is 633 g/mol. The number of hydrogen-bond acceptors (Lipinski definition) is 8. The van der Waals surface area contributed by atoms with Gasteiger partial charge in [0.2, 0.25) is 0 Å². The highest BCUT2D eigenvalue weighted by molar-refractivity contribution is 14.1. The summed E-state index contributed by atoms with van der Waals surface area (Å²) in [7, 11) is 2.90. The van der Waals surface area contributed by atoms with Crippen LogP contribution in [0.2, 0.25) is 5.02 Å². The molecule has 0 aliphatic carbocycles. The van der Waals surface area contributed by atoms with Gasteiger partial charge in [-0.15, -0.1) is 0 Å². The number of halogens is 2. The third-order valence-electron chi connectivity index (χ3n) is 4.85. The topological polar surface area (TPSA) is 141 Å². The molecule has 0 saturated heterocycles. The Labute approximate surface area is 229 Å². The Morgan fingerprint density at radius 3 is 2.41 bits per heavy atom. The fourth-order valence-corrected chi connectivity index (χ4v) is 3.97. The number of methoxy groups -OCH3 is 2. The fourth-order valence-electron chi connectivity index (χ4n) is 3.04. The van der Waals surface area contributed by atoms with Crippen molar-refractivity contribution in [3.8, 4) is 23.3 Å². The molecule has 0 saturated carbocycles. The van der Waals surface area contributed by atoms with Crippen molar-refractivity contribution in [3.05, 3.63) is 90.0 Å². The summed E-state index contributed by atoms with van der Waals surface area (Å²) in [6.45, 7) is 0. The van der Waals surface area contributed by atoms with Gasteiger partial charge in [-0.2, -0.15) is 5.26 Å². The zero-order chi connectivity index (χ0) is 27.1. The first kappa shape index (κ1) is 27.4. The Balaban J connectivity index is 1.85. The predicted octanol–water partition coefficient (Wildman–Crippen LogP) is 5.63. The second kappa shape index (κ2) is 12.2. The number of benzene rings is 3. The van der Waals surface area contributed by atoms with Crippen molar-refractivity contribution in [3.63, 3.8) is 0 Å². The molecule has 0 radical (unpaired) electrons. The number of nitro groups is 1. The number of nitrogens with zero attached hydrogens (tertiary/aromatic N) is 2. The van der Waals surface area contributed by atoms with Crippen LogP contribution in [-0.2, 0) is 4.79 Å². The van der Waals surface area contributed by atoms with E-state index >= 15 is 0 Å². The maximum Gasteiger partial charge on any atom is 0.343 e. The predicted molar refractivity (Wildman–Crippen MR) is 144 cm³/mol. The second-order valence-electron chi connectivity index (χ2n) is 7.20. The number of amides is 1. The van der Waals surface area contributed by atoms with E-state index in [1.54, 1.807) is 36.4 Å². The third kappa shape index (κ3) is 6.75. The first-order valence-corrected chi connectivity index (χ1v) is 11.7.